The summed E-state index contributed by atoms with van der Waals surface area (Å²) in [5, 5.41) is 14.6. The van der Waals surface area contributed by atoms with E-state index in [0.29, 0.717) is 24.2 Å². The molecule has 0 spiro atoms. The van der Waals surface area contributed by atoms with Crippen molar-refractivity contribution in [2.45, 2.75) is 52.0 Å². The van der Waals surface area contributed by atoms with Crippen LogP contribution in [-0.2, 0) is 28.5 Å². The molecule has 2 aromatic rings. The summed E-state index contributed by atoms with van der Waals surface area (Å²) < 4.78 is 35.7. The van der Waals surface area contributed by atoms with Crippen LogP contribution in [0.1, 0.15) is 50.3 Å². The van der Waals surface area contributed by atoms with E-state index in [9.17, 15) is 9.59 Å². The molecule has 2 bridgehead atoms. The van der Waals surface area contributed by atoms with Gasteiger partial charge in [-0.2, -0.15) is 0 Å². The molecule has 1 saturated heterocycles. The molecule has 226 valence electrons. The number of aldehydes is 1. The van der Waals surface area contributed by atoms with Crippen LogP contribution in [0, 0.1) is 5.92 Å². The average molecular weight is 563 g/mol. The summed E-state index contributed by atoms with van der Waals surface area (Å²) in [5.74, 6) is 1.17. The molecule has 0 aromatic carbocycles. The molecular formula is C27H46O12. The minimum Gasteiger partial charge on any atom is -0.464 e. The second-order valence-electron chi connectivity index (χ2n) is 7.39. The topological polar surface area (TPSA) is 179 Å². The van der Waals surface area contributed by atoms with E-state index in [4.69, 9.17) is 38.3 Å². The van der Waals surface area contributed by atoms with E-state index < -0.39 is 11.9 Å². The van der Waals surface area contributed by atoms with E-state index in [1.807, 2.05) is 12.2 Å². The maximum atomic E-state index is 11.4. The van der Waals surface area contributed by atoms with E-state index in [2.05, 4.69) is 4.42 Å². The number of hydrogen-bond acceptors (Lipinski definition) is 11. The fourth-order valence-electron chi connectivity index (χ4n) is 3.59. The van der Waals surface area contributed by atoms with Gasteiger partial charge in [0.1, 0.15) is 11.4 Å². The lowest BCUT2D eigenvalue weighted by molar-refractivity contribution is -0.199. The van der Waals surface area contributed by atoms with Gasteiger partial charge in [-0.3, -0.25) is 9.59 Å². The van der Waals surface area contributed by atoms with E-state index in [1.54, 1.807) is 72.8 Å². The Labute approximate surface area is 230 Å². The number of aliphatic hydroxyl groups is 2. The number of Topliss-reactive ketones (excluding diaryl/α,β-unsaturated/α-hetero) is 1. The molecule has 0 amide bonds. The molecular weight excluding hydrogens is 516 g/mol. The molecule has 1 fully saturated rings. The third-order valence-electron chi connectivity index (χ3n) is 5.07. The Kier molecular flexibility index (Phi) is 24.3. The first-order chi connectivity index (χ1) is 17.9. The van der Waals surface area contributed by atoms with Gasteiger partial charge in [0.2, 0.25) is 6.29 Å². The lowest BCUT2D eigenvalue weighted by Gasteiger charge is -2.30. The van der Waals surface area contributed by atoms with Crippen molar-refractivity contribution in [3.63, 3.8) is 0 Å². The first-order valence-electron chi connectivity index (χ1n) is 11.4. The Balaban J connectivity index is -0.000000473. The Morgan fingerprint density at radius 2 is 1.62 bits per heavy atom. The Bertz CT molecular complexity index is 842. The molecule has 0 aliphatic carbocycles. The Hall–Kier alpha value is -2.68. The third-order valence-corrected chi connectivity index (χ3v) is 5.07. The highest BCUT2D eigenvalue weighted by Gasteiger charge is 2.54. The van der Waals surface area contributed by atoms with Gasteiger partial charge in [-0.1, -0.05) is 13.5 Å². The molecule has 4 heterocycles. The van der Waals surface area contributed by atoms with E-state index >= 15 is 0 Å². The van der Waals surface area contributed by atoms with Crippen LogP contribution >= 0.6 is 0 Å². The number of rotatable bonds is 8. The van der Waals surface area contributed by atoms with Crippen molar-refractivity contribution in [2.24, 2.45) is 5.92 Å². The van der Waals surface area contributed by atoms with Gasteiger partial charge in [0.25, 0.3) is 0 Å². The molecule has 12 nitrogen and oxygen atoms in total. The predicted molar refractivity (Wildman–Crippen MR) is 144 cm³/mol. The van der Waals surface area contributed by atoms with Crippen LogP contribution in [0.5, 0.6) is 0 Å². The predicted octanol–water partition coefficient (Wildman–Crippen LogP) is 2.99. The molecule has 0 radical (unpaired) electrons. The molecule has 39 heavy (non-hydrogen) atoms. The molecule has 3 atom stereocenters. The Morgan fingerprint density at radius 1 is 1.08 bits per heavy atom. The van der Waals surface area contributed by atoms with Gasteiger partial charge in [0, 0.05) is 42.2 Å². The van der Waals surface area contributed by atoms with Gasteiger partial charge in [0.05, 0.1) is 24.5 Å². The standard InChI is InChI=1S/C11H16O4.C7H10O3.C5H4O2.C2H6O.CH4O.CH4.H2O/c1-7(12)8-6-11(10(13-2)14-3)5-4-9(8)15-11;1-8-7(9-2)6-4-3-5-10-6;6-4-5-2-1-3-7-5;1-2-3;1-2;;/h4-5,8-10H,6H2,1-3H3;3-5,7H,1-2H3;1-4H;3H,2H2,1H3;2H,1H3;1H4;1H2. The maximum absolute atomic E-state index is 11.4. The molecule has 0 saturated carbocycles. The van der Waals surface area contributed by atoms with Crippen LogP contribution in [0.25, 0.3) is 0 Å². The van der Waals surface area contributed by atoms with Crippen LogP contribution in [0.4, 0.5) is 0 Å². The minimum atomic E-state index is -0.565. The number of carbonyl (C=O) groups excluding carboxylic acids is 2. The second-order valence-corrected chi connectivity index (χ2v) is 7.39. The van der Waals surface area contributed by atoms with Crippen molar-refractivity contribution in [1.29, 1.82) is 0 Å². The Morgan fingerprint density at radius 3 is 1.95 bits per heavy atom. The quantitative estimate of drug-likeness (QED) is 0.274. The van der Waals surface area contributed by atoms with Gasteiger partial charge in [-0.15, -0.1) is 0 Å². The number of carbonyl (C=O) groups is 2. The lowest BCUT2D eigenvalue weighted by atomic mass is 9.84. The summed E-state index contributed by atoms with van der Waals surface area (Å²) in [4.78, 5) is 21.2. The molecule has 4 N–H and O–H groups in total. The minimum absolute atomic E-state index is 0. The number of aliphatic hydroxyl groups excluding tert-OH is 2. The lowest BCUT2D eigenvalue weighted by Crippen LogP contribution is -2.42. The largest absolute Gasteiger partial charge is 0.464 e. The smallest absolute Gasteiger partial charge is 0.216 e. The zero-order valence-electron chi connectivity index (χ0n) is 23.0. The van der Waals surface area contributed by atoms with Crippen molar-refractivity contribution in [3.8, 4) is 0 Å². The monoisotopic (exact) mass is 562 g/mol. The zero-order valence-corrected chi connectivity index (χ0v) is 23.0. The van der Waals surface area contributed by atoms with Crippen LogP contribution in [0.15, 0.2) is 57.8 Å². The van der Waals surface area contributed by atoms with Gasteiger partial charge in [-0.05, 0) is 50.6 Å². The summed E-state index contributed by atoms with van der Waals surface area (Å²) >= 11 is 0. The van der Waals surface area contributed by atoms with Crippen LogP contribution < -0.4 is 0 Å². The summed E-state index contributed by atoms with van der Waals surface area (Å²) in [6, 6.07) is 6.87. The number of methoxy groups -OCH3 is 4. The zero-order chi connectivity index (χ0) is 28.3. The summed E-state index contributed by atoms with van der Waals surface area (Å²) in [7, 11) is 7.29. The second kappa shape index (κ2) is 23.2. The van der Waals surface area contributed by atoms with Gasteiger partial charge in [-0.25, -0.2) is 0 Å². The number of hydrogen-bond donors (Lipinski definition) is 2. The first kappa shape index (κ1) is 40.8. The van der Waals surface area contributed by atoms with Gasteiger partial charge >= 0.3 is 0 Å². The number of furan rings is 2. The summed E-state index contributed by atoms with van der Waals surface area (Å²) in [6.07, 6.45) is 7.32. The molecule has 2 aliphatic rings. The number of ketones is 1. The van der Waals surface area contributed by atoms with Gasteiger partial charge in [0.15, 0.2) is 24.1 Å². The fourth-order valence-corrected chi connectivity index (χ4v) is 3.59. The van der Waals surface area contributed by atoms with Crippen LogP contribution in [0.2, 0.25) is 0 Å². The van der Waals surface area contributed by atoms with E-state index in [1.165, 1.54) is 6.26 Å². The highest BCUT2D eigenvalue weighted by atomic mass is 16.7. The van der Waals surface area contributed by atoms with Crippen molar-refractivity contribution in [1.82, 2.24) is 0 Å². The van der Waals surface area contributed by atoms with Crippen molar-refractivity contribution >= 4 is 12.1 Å². The van der Waals surface area contributed by atoms with Crippen molar-refractivity contribution in [3.05, 3.63) is 60.5 Å². The first-order valence-corrected chi connectivity index (χ1v) is 11.4. The number of ether oxygens (including phenoxy) is 5. The highest BCUT2D eigenvalue weighted by Crippen LogP contribution is 2.45. The van der Waals surface area contributed by atoms with Crippen molar-refractivity contribution in [2.75, 3.05) is 42.2 Å². The molecule has 3 unspecified atom stereocenters. The third kappa shape index (κ3) is 12.8. The molecule has 2 aliphatic heterocycles. The summed E-state index contributed by atoms with van der Waals surface area (Å²) in [5.41, 5.74) is -0.565. The van der Waals surface area contributed by atoms with Crippen molar-refractivity contribution < 1.29 is 57.8 Å². The molecule has 4 rings (SSSR count). The normalized spacial score (nSPS) is 19.5. The SMILES string of the molecule is C.CCO.CO.COC(OC)C12C=CC(O1)C(C(C)=O)C2.COC(OC)c1ccco1.O.O=Cc1ccco1. The van der Waals surface area contributed by atoms with Crippen LogP contribution in [-0.4, -0.2) is 87.9 Å². The fraction of sp³-hybridized carbons (Fsp3) is 0.556. The van der Waals surface area contributed by atoms with Crippen LogP contribution in [0.3, 0.4) is 0 Å². The molecule has 2 aromatic heterocycles. The highest BCUT2D eigenvalue weighted by molar-refractivity contribution is 5.80. The maximum Gasteiger partial charge on any atom is 0.216 e. The summed E-state index contributed by atoms with van der Waals surface area (Å²) in [6.45, 7) is 3.53. The van der Waals surface area contributed by atoms with E-state index in [-0.39, 0.29) is 43.6 Å². The van der Waals surface area contributed by atoms with E-state index in [0.717, 1.165) is 7.11 Å². The van der Waals surface area contributed by atoms with Gasteiger partial charge < -0.3 is 48.2 Å². The number of fused-ring (bicyclic) bond motifs is 2. The molecule has 12 heteroatoms. The average Bonchev–Trinajstić information content (AvgIpc) is 3.73.